The van der Waals surface area contributed by atoms with Crippen LogP contribution in [0.3, 0.4) is 0 Å². The Morgan fingerprint density at radius 1 is 1.26 bits per heavy atom. The largest absolute Gasteiger partial charge is 0.382 e. The summed E-state index contributed by atoms with van der Waals surface area (Å²) in [5.41, 5.74) is 1.81. The lowest BCUT2D eigenvalue weighted by molar-refractivity contribution is -0.206. The van der Waals surface area contributed by atoms with Crippen molar-refractivity contribution in [1.29, 1.82) is 0 Å². The molecule has 5 nitrogen and oxygen atoms in total. The fraction of sp³-hybridized carbons (Fsp3) is 0.429. The van der Waals surface area contributed by atoms with Crippen LogP contribution >= 0.6 is 0 Å². The zero-order valence-electron chi connectivity index (χ0n) is 10.6. The quantitative estimate of drug-likeness (QED) is 0.813. The van der Waals surface area contributed by atoms with E-state index in [0.29, 0.717) is 19.6 Å². The number of amides is 1. The second-order valence-corrected chi connectivity index (χ2v) is 4.68. The first-order valence-corrected chi connectivity index (χ1v) is 6.57. The molecule has 2 aliphatic rings. The Morgan fingerprint density at radius 3 is 2.84 bits per heavy atom. The van der Waals surface area contributed by atoms with Crippen LogP contribution in [0, 0.1) is 0 Å². The predicted molar refractivity (Wildman–Crippen MR) is 69.4 cm³/mol. The van der Waals surface area contributed by atoms with Crippen LogP contribution in [0.5, 0.6) is 0 Å². The summed E-state index contributed by atoms with van der Waals surface area (Å²) in [4.78, 5) is 22.8. The Labute approximate surface area is 111 Å². The third kappa shape index (κ3) is 2.61. The molecule has 0 spiro atoms. The van der Waals surface area contributed by atoms with Crippen LogP contribution in [0.2, 0.25) is 0 Å². The van der Waals surface area contributed by atoms with Crippen LogP contribution < -0.4 is 0 Å². The second-order valence-electron chi connectivity index (χ2n) is 4.68. The third-order valence-electron chi connectivity index (χ3n) is 3.30. The number of carbonyl (C=O) groups is 1. The van der Waals surface area contributed by atoms with E-state index in [2.05, 4.69) is 5.16 Å². The summed E-state index contributed by atoms with van der Waals surface area (Å²) in [7, 11) is 0. The average molecular weight is 260 g/mol. The number of rotatable bonds is 2. The Kier molecular flexibility index (Phi) is 3.46. The monoisotopic (exact) mass is 260 g/mol. The van der Waals surface area contributed by atoms with Crippen molar-refractivity contribution < 1.29 is 14.5 Å². The Bertz CT molecular complexity index is 481. The molecule has 1 amide bonds. The molecule has 0 N–H and O–H groups in total. The Morgan fingerprint density at radius 2 is 2.11 bits per heavy atom. The second kappa shape index (κ2) is 5.40. The highest BCUT2D eigenvalue weighted by atomic mass is 16.7. The lowest BCUT2D eigenvalue weighted by atomic mass is 10.0. The molecule has 19 heavy (non-hydrogen) atoms. The zero-order chi connectivity index (χ0) is 13.1. The number of hydroxylamine groups is 2. The number of carbonyl (C=O) groups excluding carboxylic acids is 1. The summed E-state index contributed by atoms with van der Waals surface area (Å²) < 4.78 is 0. The van der Waals surface area contributed by atoms with Crippen LogP contribution in [-0.2, 0) is 14.5 Å². The molecule has 0 bridgehead atoms. The summed E-state index contributed by atoms with van der Waals surface area (Å²) >= 11 is 0. The normalized spacial score (nSPS) is 22.8. The molecule has 100 valence electrons. The zero-order valence-corrected chi connectivity index (χ0v) is 10.6. The predicted octanol–water partition coefficient (Wildman–Crippen LogP) is 1.73. The number of hydrogen-bond acceptors (Lipinski definition) is 4. The van der Waals surface area contributed by atoms with Gasteiger partial charge in [0.2, 0.25) is 6.10 Å². The molecule has 0 radical (unpaired) electrons. The minimum atomic E-state index is -0.548. The molecule has 1 aromatic carbocycles. The van der Waals surface area contributed by atoms with Gasteiger partial charge in [0.1, 0.15) is 0 Å². The molecule has 3 rings (SSSR count). The fourth-order valence-corrected chi connectivity index (χ4v) is 2.24. The van der Waals surface area contributed by atoms with Gasteiger partial charge in [0, 0.05) is 13.0 Å². The standard InChI is InChI=1S/C14H16N2O3/c17-14(16-8-4-5-9-18-16)13-10-12(15-19-13)11-6-2-1-3-7-11/h1-3,6-7,13H,4-5,8-10H2. The molecule has 2 heterocycles. The maximum Gasteiger partial charge on any atom is 0.290 e. The van der Waals surface area contributed by atoms with Crippen LogP contribution in [0.15, 0.2) is 35.5 Å². The van der Waals surface area contributed by atoms with E-state index in [9.17, 15) is 4.79 Å². The van der Waals surface area contributed by atoms with Crippen LogP contribution in [-0.4, -0.2) is 35.9 Å². The maximum absolute atomic E-state index is 12.2. The van der Waals surface area contributed by atoms with Crippen molar-refractivity contribution in [2.45, 2.75) is 25.4 Å². The van der Waals surface area contributed by atoms with Crippen molar-refractivity contribution in [3.05, 3.63) is 35.9 Å². The Balaban J connectivity index is 1.63. The lowest BCUT2D eigenvalue weighted by Gasteiger charge is -2.27. The van der Waals surface area contributed by atoms with Crippen LogP contribution in [0.25, 0.3) is 0 Å². The van der Waals surface area contributed by atoms with Gasteiger partial charge in [-0.05, 0) is 18.4 Å². The van der Waals surface area contributed by atoms with Gasteiger partial charge >= 0.3 is 0 Å². The SMILES string of the molecule is O=C(C1CC(c2ccccc2)=NO1)N1CCCCO1. The molecule has 1 aromatic rings. The highest BCUT2D eigenvalue weighted by molar-refractivity contribution is 6.03. The molecule has 2 aliphatic heterocycles. The molecule has 1 saturated heterocycles. The van der Waals surface area contributed by atoms with Gasteiger partial charge in [-0.15, -0.1) is 0 Å². The van der Waals surface area contributed by atoms with Gasteiger partial charge in [0.25, 0.3) is 5.91 Å². The summed E-state index contributed by atoms with van der Waals surface area (Å²) in [5, 5.41) is 5.43. The number of oxime groups is 1. The first-order valence-electron chi connectivity index (χ1n) is 6.57. The molecule has 1 fully saturated rings. The smallest absolute Gasteiger partial charge is 0.290 e. The number of benzene rings is 1. The molecule has 0 aromatic heterocycles. The van der Waals surface area contributed by atoms with Gasteiger partial charge < -0.3 is 4.84 Å². The van der Waals surface area contributed by atoms with E-state index in [1.165, 1.54) is 5.06 Å². The average Bonchev–Trinajstić information content (AvgIpc) is 2.98. The number of nitrogens with zero attached hydrogens (tertiary/aromatic N) is 2. The summed E-state index contributed by atoms with van der Waals surface area (Å²) in [6.45, 7) is 1.24. The van der Waals surface area contributed by atoms with E-state index in [-0.39, 0.29) is 5.91 Å². The molecule has 0 aliphatic carbocycles. The van der Waals surface area contributed by atoms with Crippen molar-refractivity contribution in [3.8, 4) is 0 Å². The van der Waals surface area contributed by atoms with Gasteiger partial charge in [-0.1, -0.05) is 35.5 Å². The van der Waals surface area contributed by atoms with Gasteiger partial charge in [-0.3, -0.25) is 9.63 Å². The first-order chi connectivity index (χ1) is 9.34. The van der Waals surface area contributed by atoms with E-state index in [1.54, 1.807) is 0 Å². The van der Waals surface area contributed by atoms with Crippen molar-refractivity contribution >= 4 is 11.6 Å². The van der Waals surface area contributed by atoms with Crippen molar-refractivity contribution in [1.82, 2.24) is 5.06 Å². The van der Waals surface area contributed by atoms with Crippen molar-refractivity contribution in [2.75, 3.05) is 13.2 Å². The third-order valence-corrected chi connectivity index (χ3v) is 3.30. The van der Waals surface area contributed by atoms with Crippen LogP contribution in [0.4, 0.5) is 0 Å². The highest BCUT2D eigenvalue weighted by Crippen LogP contribution is 2.19. The van der Waals surface area contributed by atoms with Crippen LogP contribution in [0.1, 0.15) is 24.8 Å². The lowest BCUT2D eigenvalue weighted by Crippen LogP contribution is -2.42. The fourth-order valence-electron chi connectivity index (χ4n) is 2.24. The van der Waals surface area contributed by atoms with Gasteiger partial charge in [-0.25, -0.2) is 5.06 Å². The first kappa shape index (κ1) is 12.2. The molecule has 5 heteroatoms. The van der Waals surface area contributed by atoms with E-state index < -0.39 is 6.10 Å². The van der Waals surface area contributed by atoms with E-state index in [0.717, 1.165) is 24.1 Å². The molecular formula is C14H16N2O3. The minimum absolute atomic E-state index is 0.130. The number of hydrogen-bond donors (Lipinski definition) is 0. The van der Waals surface area contributed by atoms with Crippen molar-refractivity contribution in [3.63, 3.8) is 0 Å². The van der Waals surface area contributed by atoms with Gasteiger partial charge in [-0.2, -0.15) is 0 Å². The maximum atomic E-state index is 12.2. The molecular weight excluding hydrogens is 244 g/mol. The van der Waals surface area contributed by atoms with E-state index in [1.807, 2.05) is 30.3 Å². The van der Waals surface area contributed by atoms with Gasteiger partial charge in [0.15, 0.2) is 0 Å². The molecule has 1 unspecified atom stereocenters. The van der Waals surface area contributed by atoms with Crippen molar-refractivity contribution in [2.24, 2.45) is 5.16 Å². The summed E-state index contributed by atoms with van der Waals surface area (Å²) in [5.74, 6) is -0.130. The minimum Gasteiger partial charge on any atom is -0.382 e. The summed E-state index contributed by atoms with van der Waals surface area (Å²) in [6.07, 6.45) is 1.93. The van der Waals surface area contributed by atoms with Gasteiger partial charge in [0.05, 0.1) is 12.3 Å². The Hall–Kier alpha value is -1.88. The molecule has 0 saturated carbocycles. The van der Waals surface area contributed by atoms with E-state index >= 15 is 0 Å². The molecule has 1 atom stereocenters. The summed E-state index contributed by atoms with van der Waals surface area (Å²) in [6, 6.07) is 9.77. The topological polar surface area (TPSA) is 51.1 Å². The highest BCUT2D eigenvalue weighted by Gasteiger charge is 2.33. The van der Waals surface area contributed by atoms with E-state index in [4.69, 9.17) is 9.68 Å².